The number of carbonyl (C=O) groups is 1. The third-order valence-electron chi connectivity index (χ3n) is 1.33. The van der Waals surface area contributed by atoms with Gasteiger partial charge in [-0.15, -0.1) is 0 Å². The van der Waals surface area contributed by atoms with Crippen molar-refractivity contribution in [1.29, 1.82) is 0 Å². The predicted octanol–water partition coefficient (Wildman–Crippen LogP) is 1.33. The van der Waals surface area contributed by atoms with Crippen molar-refractivity contribution in [1.82, 2.24) is 4.90 Å². The van der Waals surface area contributed by atoms with Crippen LogP contribution < -0.4 is 0 Å². The van der Waals surface area contributed by atoms with E-state index in [0.717, 1.165) is 12.1 Å². The zero-order valence-corrected chi connectivity index (χ0v) is 7.83. The largest absolute Gasteiger partial charge is 0.377 e. The summed E-state index contributed by atoms with van der Waals surface area (Å²) in [4.78, 5) is 12.8. The Kier molecular flexibility index (Phi) is 2.48. The standard InChI is InChI=1S/C7H8INO/c1-9-4-2-6(3-5-9)7(8)10/h2-4H,5H2,1H3. The summed E-state index contributed by atoms with van der Waals surface area (Å²) < 4.78 is 0.113. The Morgan fingerprint density at radius 2 is 2.50 bits per heavy atom. The maximum absolute atomic E-state index is 10.8. The molecular formula is C7H8INO. The average Bonchev–Trinajstić information content (AvgIpc) is 1.88. The molecule has 1 rings (SSSR count). The van der Waals surface area contributed by atoms with Crippen molar-refractivity contribution in [2.75, 3.05) is 13.6 Å². The van der Waals surface area contributed by atoms with Gasteiger partial charge in [0.15, 0.2) is 0 Å². The van der Waals surface area contributed by atoms with Crippen LogP contribution in [0.15, 0.2) is 23.9 Å². The smallest absolute Gasteiger partial charge is 0.222 e. The van der Waals surface area contributed by atoms with Crippen LogP contribution in [0, 0.1) is 0 Å². The van der Waals surface area contributed by atoms with E-state index < -0.39 is 0 Å². The van der Waals surface area contributed by atoms with Gasteiger partial charge >= 0.3 is 0 Å². The first kappa shape index (κ1) is 7.78. The third-order valence-corrected chi connectivity index (χ3v) is 1.96. The fraction of sp³-hybridized carbons (Fsp3) is 0.286. The molecule has 1 aliphatic rings. The van der Waals surface area contributed by atoms with Gasteiger partial charge in [-0.25, -0.2) is 0 Å². The van der Waals surface area contributed by atoms with Crippen molar-refractivity contribution in [3.63, 3.8) is 0 Å². The normalized spacial score (nSPS) is 17.0. The number of allylic oxidation sites excluding steroid dienone is 2. The van der Waals surface area contributed by atoms with Crippen LogP contribution in [-0.4, -0.2) is 22.3 Å². The van der Waals surface area contributed by atoms with E-state index in [1.165, 1.54) is 0 Å². The summed E-state index contributed by atoms with van der Waals surface area (Å²) in [6.07, 6.45) is 5.67. The van der Waals surface area contributed by atoms with E-state index in [0.29, 0.717) is 0 Å². The Hall–Kier alpha value is -0.320. The first-order valence-electron chi connectivity index (χ1n) is 2.98. The van der Waals surface area contributed by atoms with Crippen molar-refractivity contribution in [2.24, 2.45) is 0 Å². The predicted molar refractivity (Wildman–Crippen MR) is 48.9 cm³/mol. The average molecular weight is 249 g/mol. The second-order valence-electron chi connectivity index (χ2n) is 2.19. The summed E-state index contributed by atoms with van der Waals surface area (Å²) in [5, 5.41) is 0. The number of hydrogen-bond acceptors (Lipinski definition) is 2. The highest BCUT2D eigenvalue weighted by molar-refractivity contribution is 14.1. The Morgan fingerprint density at radius 1 is 1.80 bits per heavy atom. The summed E-state index contributed by atoms with van der Waals surface area (Å²) in [7, 11) is 1.97. The molecule has 0 saturated heterocycles. The zero-order valence-electron chi connectivity index (χ0n) is 5.67. The van der Waals surface area contributed by atoms with Gasteiger partial charge in [0.05, 0.1) is 0 Å². The monoisotopic (exact) mass is 249 g/mol. The molecule has 0 aromatic heterocycles. The summed E-state index contributed by atoms with van der Waals surface area (Å²) in [6, 6.07) is 0. The van der Waals surface area contributed by atoms with Gasteiger partial charge in [0.2, 0.25) is 3.79 Å². The summed E-state index contributed by atoms with van der Waals surface area (Å²) in [6.45, 7) is 0.834. The molecule has 1 aliphatic heterocycles. The molecular weight excluding hydrogens is 241 g/mol. The topological polar surface area (TPSA) is 20.3 Å². The van der Waals surface area contributed by atoms with Crippen LogP contribution in [0.5, 0.6) is 0 Å². The minimum atomic E-state index is 0.113. The van der Waals surface area contributed by atoms with Crippen molar-refractivity contribution < 1.29 is 4.79 Å². The molecule has 0 spiro atoms. The van der Waals surface area contributed by atoms with Crippen LogP contribution in [0.4, 0.5) is 0 Å². The molecule has 0 aromatic carbocycles. The quantitative estimate of drug-likeness (QED) is 0.516. The van der Waals surface area contributed by atoms with Gasteiger partial charge < -0.3 is 4.90 Å². The summed E-state index contributed by atoms with van der Waals surface area (Å²) in [5.74, 6) is 0. The van der Waals surface area contributed by atoms with Gasteiger partial charge in [-0.1, -0.05) is 6.08 Å². The van der Waals surface area contributed by atoms with Crippen LogP contribution >= 0.6 is 22.6 Å². The van der Waals surface area contributed by atoms with Gasteiger partial charge in [0.1, 0.15) is 0 Å². The lowest BCUT2D eigenvalue weighted by atomic mass is 10.2. The summed E-state index contributed by atoms with van der Waals surface area (Å²) >= 11 is 1.79. The van der Waals surface area contributed by atoms with Crippen molar-refractivity contribution in [2.45, 2.75) is 0 Å². The fourth-order valence-electron chi connectivity index (χ4n) is 0.725. The number of carbonyl (C=O) groups excluding carboxylic acids is 1. The molecule has 2 nitrogen and oxygen atoms in total. The lowest BCUT2D eigenvalue weighted by Gasteiger charge is -2.14. The van der Waals surface area contributed by atoms with E-state index in [4.69, 9.17) is 0 Å². The van der Waals surface area contributed by atoms with E-state index in [1.54, 1.807) is 22.6 Å². The van der Waals surface area contributed by atoms with Crippen LogP contribution in [-0.2, 0) is 4.79 Å². The lowest BCUT2D eigenvalue weighted by Crippen LogP contribution is -2.14. The van der Waals surface area contributed by atoms with Gasteiger partial charge in [0, 0.05) is 41.8 Å². The van der Waals surface area contributed by atoms with Gasteiger partial charge in [0.25, 0.3) is 0 Å². The Balaban J connectivity index is 2.67. The number of halogens is 1. The van der Waals surface area contributed by atoms with Crippen LogP contribution in [0.1, 0.15) is 0 Å². The molecule has 0 atom stereocenters. The molecule has 10 heavy (non-hydrogen) atoms. The molecule has 1 heterocycles. The zero-order chi connectivity index (χ0) is 7.56. The van der Waals surface area contributed by atoms with Gasteiger partial charge in [-0.3, -0.25) is 4.79 Å². The van der Waals surface area contributed by atoms with E-state index in [2.05, 4.69) is 0 Å². The molecule has 0 fully saturated rings. The van der Waals surface area contributed by atoms with Crippen molar-refractivity contribution >= 4 is 26.4 Å². The lowest BCUT2D eigenvalue weighted by molar-refractivity contribution is -0.106. The number of likely N-dealkylation sites (N-methyl/N-ethyl adjacent to an activating group) is 1. The Labute approximate surface area is 73.7 Å². The van der Waals surface area contributed by atoms with Crippen LogP contribution in [0.2, 0.25) is 0 Å². The SMILES string of the molecule is CN1C=CC(C(=O)I)=CC1. The minimum absolute atomic E-state index is 0.113. The number of rotatable bonds is 1. The highest BCUT2D eigenvalue weighted by Crippen LogP contribution is 2.09. The molecule has 0 N–H and O–H groups in total. The molecule has 3 heteroatoms. The van der Waals surface area contributed by atoms with Gasteiger partial charge in [-0.2, -0.15) is 0 Å². The van der Waals surface area contributed by atoms with E-state index in [-0.39, 0.29) is 3.79 Å². The Bertz CT molecular complexity index is 208. The first-order chi connectivity index (χ1) is 4.70. The second kappa shape index (κ2) is 3.18. The van der Waals surface area contributed by atoms with E-state index >= 15 is 0 Å². The second-order valence-corrected chi connectivity index (χ2v) is 3.17. The van der Waals surface area contributed by atoms with Gasteiger partial charge in [-0.05, 0) is 12.3 Å². The first-order valence-corrected chi connectivity index (χ1v) is 4.06. The number of nitrogens with zero attached hydrogens (tertiary/aromatic N) is 1. The van der Waals surface area contributed by atoms with Crippen molar-refractivity contribution in [3.8, 4) is 0 Å². The highest BCUT2D eigenvalue weighted by Gasteiger charge is 2.04. The molecule has 0 amide bonds. The highest BCUT2D eigenvalue weighted by atomic mass is 127. The molecule has 0 aliphatic carbocycles. The summed E-state index contributed by atoms with van der Waals surface area (Å²) in [5.41, 5.74) is 0.804. The molecule has 0 unspecified atom stereocenters. The molecule has 0 radical (unpaired) electrons. The Morgan fingerprint density at radius 3 is 2.90 bits per heavy atom. The van der Waals surface area contributed by atoms with E-state index in [9.17, 15) is 4.79 Å². The molecule has 54 valence electrons. The van der Waals surface area contributed by atoms with Crippen LogP contribution in [0.3, 0.4) is 0 Å². The number of hydrogen-bond donors (Lipinski definition) is 0. The molecule has 0 aromatic rings. The molecule has 0 bridgehead atoms. The fourth-order valence-corrected chi connectivity index (χ4v) is 1.12. The van der Waals surface area contributed by atoms with E-state index in [1.807, 2.05) is 30.3 Å². The maximum atomic E-state index is 10.8. The van der Waals surface area contributed by atoms with Crippen LogP contribution in [0.25, 0.3) is 0 Å². The maximum Gasteiger partial charge on any atom is 0.222 e. The third kappa shape index (κ3) is 1.83. The minimum Gasteiger partial charge on any atom is -0.377 e. The molecule has 0 saturated carbocycles. The van der Waals surface area contributed by atoms with Crippen molar-refractivity contribution in [3.05, 3.63) is 23.9 Å².